The van der Waals surface area contributed by atoms with Gasteiger partial charge in [-0.25, -0.2) is 4.98 Å². The molecule has 0 fully saturated rings. The normalized spacial score (nSPS) is 11.0. The third-order valence-electron chi connectivity index (χ3n) is 3.42. The van der Waals surface area contributed by atoms with Crippen LogP contribution in [0.3, 0.4) is 0 Å². The highest BCUT2D eigenvalue weighted by Gasteiger charge is 2.09. The molecule has 1 atom stereocenters. The average Bonchev–Trinajstić information content (AvgIpc) is 2.99. The lowest BCUT2D eigenvalue weighted by atomic mass is 10.2. The third-order valence-corrected chi connectivity index (χ3v) is 4.29. The average molecular weight is 406 g/mol. The van der Waals surface area contributed by atoms with Crippen molar-refractivity contribution in [2.24, 2.45) is 0 Å². The van der Waals surface area contributed by atoms with Crippen LogP contribution < -0.4 is 15.4 Å². The Kier molecular flexibility index (Phi) is 11.4. The molecule has 0 aliphatic carbocycles. The number of thiazole rings is 1. The predicted octanol–water partition coefficient (Wildman–Crippen LogP) is 3.14. The van der Waals surface area contributed by atoms with Crippen LogP contribution in [0.2, 0.25) is 0 Å². The predicted molar refractivity (Wildman–Crippen MR) is 107 cm³/mol. The second-order valence-corrected chi connectivity index (χ2v) is 6.45. The number of halogens is 2. The Hall–Kier alpha value is -1.34. The lowest BCUT2D eigenvalue weighted by Gasteiger charge is -2.10. The molecule has 0 saturated heterocycles. The highest BCUT2D eigenvalue weighted by Crippen LogP contribution is 2.16. The van der Waals surface area contributed by atoms with E-state index in [0.717, 1.165) is 16.5 Å². The maximum atomic E-state index is 11.8. The number of nitrogens with one attached hydrogen (secondary N) is 2. The number of hydrogen-bond acceptors (Lipinski definition) is 5. The lowest BCUT2D eigenvalue weighted by Crippen LogP contribution is -2.37. The van der Waals surface area contributed by atoms with E-state index in [1.807, 2.05) is 50.5 Å². The van der Waals surface area contributed by atoms with E-state index in [4.69, 9.17) is 4.74 Å². The minimum Gasteiger partial charge on any atom is -0.486 e. The molecule has 2 rings (SSSR count). The molecule has 5 nitrogen and oxygen atoms in total. The van der Waals surface area contributed by atoms with Gasteiger partial charge < -0.3 is 15.4 Å². The zero-order valence-electron chi connectivity index (χ0n) is 14.6. The second-order valence-electron chi connectivity index (χ2n) is 5.50. The van der Waals surface area contributed by atoms with E-state index in [0.29, 0.717) is 19.6 Å². The topological polar surface area (TPSA) is 63.2 Å². The van der Waals surface area contributed by atoms with E-state index >= 15 is 0 Å². The van der Waals surface area contributed by atoms with Crippen molar-refractivity contribution in [3.8, 4) is 5.75 Å². The van der Waals surface area contributed by atoms with Crippen LogP contribution in [0.5, 0.6) is 5.75 Å². The number of nitrogens with zero attached hydrogens (tertiary/aromatic N) is 1. The molecule has 25 heavy (non-hydrogen) atoms. The first-order valence-electron chi connectivity index (χ1n) is 7.63. The number of ether oxygens (including phenoxy) is 1. The summed E-state index contributed by atoms with van der Waals surface area (Å²) in [6, 6.07) is 8.17. The molecule has 1 unspecified atom stereocenters. The maximum Gasteiger partial charge on any atom is 0.226 e. The number of carbonyl (C=O) groups is 1. The number of benzene rings is 1. The van der Waals surface area contributed by atoms with Crippen LogP contribution in [0, 0.1) is 6.92 Å². The Balaban J connectivity index is 0.00000288. The van der Waals surface area contributed by atoms with Gasteiger partial charge in [-0.05, 0) is 33.0 Å². The standard InChI is InChI=1S/C17H23N3O2S.2ClH/c1-12-4-6-15(7-5-12)22-10-17-20-14(11-23-17)8-16(21)19-9-13(2)18-3;;/h4-7,11,13,18H,8-10H2,1-3H3,(H,19,21);2*1H. The fourth-order valence-corrected chi connectivity index (χ4v) is 2.58. The van der Waals surface area contributed by atoms with Crippen molar-refractivity contribution in [3.05, 3.63) is 45.9 Å². The van der Waals surface area contributed by atoms with Crippen molar-refractivity contribution in [1.29, 1.82) is 0 Å². The Bertz CT molecular complexity index is 635. The van der Waals surface area contributed by atoms with Gasteiger partial charge in [0, 0.05) is 18.0 Å². The summed E-state index contributed by atoms with van der Waals surface area (Å²) in [7, 11) is 1.87. The summed E-state index contributed by atoms with van der Waals surface area (Å²) in [5, 5.41) is 8.75. The minimum atomic E-state index is -0.0107. The molecule has 1 aromatic carbocycles. The summed E-state index contributed by atoms with van der Waals surface area (Å²) in [4.78, 5) is 16.3. The van der Waals surface area contributed by atoms with E-state index in [1.54, 1.807) is 0 Å². The van der Waals surface area contributed by atoms with Gasteiger partial charge in [-0.2, -0.15) is 0 Å². The van der Waals surface area contributed by atoms with Crippen LogP contribution in [-0.2, 0) is 17.8 Å². The van der Waals surface area contributed by atoms with Gasteiger partial charge in [0.2, 0.25) is 5.91 Å². The maximum absolute atomic E-state index is 11.8. The van der Waals surface area contributed by atoms with Crippen LogP contribution in [0.4, 0.5) is 0 Å². The zero-order valence-corrected chi connectivity index (χ0v) is 17.0. The molecule has 0 aliphatic rings. The van der Waals surface area contributed by atoms with Crippen molar-refractivity contribution in [2.45, 2.75) is 32.9 Å². The van der Waals surface area contributed by atoms with Gasteiger partial charge in [-0.1, -0.05) is 17.7 Å². The smallest absolute Gasteiger partial charge is 0.226 e. The molecule has 140 valence electrons. The third kappa shape index (κ3) is 8.54. The number of aryl methyl sites for hydroxylation is 1. The highest BCUT2D eigenvalue weighted by atomic mass is 35.5. The van der Waals surface area contributed by atoms with Crippen LogP contribution in [0.15, 0.2) is 29.6 Å². The van der Waals surface area contributed by atoms with Gasteiger partial charge in [-0.3, -0.25) is 4.79 Å². The number of rotatable bonds is 8. The first-order valence-corrected chi connectivity index (χ1v) is 8.51. The van der Waals surface area contributed by atoms with Crippen LogP contribution in [-0.4, -0.2) is 30.5 Å². The number of amides is 1. The molecule has 0 aliphatic heterocycles. The molecule has 0 spiro atoms. The molecule has 0 bridgehead atoms. The minimum absolute atomic E-state index is 0. The van der Waals surface area contributed by atoms with Crippen LogP contribution in [0.25, 0.3) is 0 Å². The number of hydrogen-bond donors (Lipinski definition) is 2. The molecular formula is C17H25Cl2N3O2S. The SMILES string of the molecule is CNC(C)CNC(=O)Cc1csc(COc2ccc(C)cc2)n1.Cl.Cl. The molecule has 2 N–H and O–H groups in total. The lowest BCUT2D eigenvalue weighted by molar-refractivity contribution is -0.120. The van der Waals surface area contributed by atoms with Gasteiger partial charge in [0.1, 0.15) is 17.4 Å². The fourth-order valence-electron chi connectivity index (χ4n) is 1.87. The fraction of sp³-hybridized carbons (Fsp3) is 0.412. The van der Waals surface area contributed by atoms with E-state index in [9.17, 15) is 4.79 Å². The monoisotopic (exact) mass is 405 g/mol. The molecule has 0 radical (unpaired) electrons. The van der Waals surface area contributed by atoms with E-state index in [-0.39, 0.29) is 36.8 Å². The summed E-state index contributed by atoms with van der Waals surface area (Å²) in [6.45, 7) is 5.10. The van der Waals surface area contributed by atoms with E-state index in [1.165, 1.54) is 16.9 Å². The van der Waals surface area contributed by atoms with Gasteiger partial charge in [0.25, 0.3) is 0 Å². The molecule has 1 heterocycles. The van der Waals surface area contributed by atoms with E-state index < -0.39 is 0 Å². The molecular weight excluding hydrogens is 381 g/mol. The van der Waals surface area contributed by atoms with Gasteiger partial charge in [0.15, 0.2) is 0 Å². The molecule has 1 amide bonds. The van der Waals surface area contributed by atoms with Crippen molar-refractivity contribution < 1.29 is 9.53 Å². The second kappa shape index (κ2) is 12.1. The Morgan fingerprint density at radius 2 is 1.96 bits per heavy atom. The summed E-state index contributed by atoms with van der Waals surface area (Å²) in [6.07, 6.45) is 0.303. The number of aromatic nitrogens is 1. The molecule has 0 saturated carbocycles. The quantitative estimate of drug-likeness (QED) is 0.707. The molecule has 1 aromatic heterocycles. The largest absolute Gasteiger partial charge is 0.486 e. The van der Waals surface area contributed by atoms with Crippen molar-refractivity contribution in [2.75, 3.05) is 13.6 Å². The first kappa shape index (κ1) is 23.7. The van der Waals surface area contributed by atoms with Crippen molar-refractivity contribution >= 4 is 42.1 Å². The number of likely N-dealkylation sites (N-methyl/N-ethyl adjacent to an activating group) is 1. The summed E-state index contributed by atoms with van der Waals surface area (Å²) in [5.41, 5.74) is 1.99. The van der Waals surface area contributed by atoms with Gasteiger partial charge in [-0.15, -0.1) is 36.2 Å². The first-order chi connectivity index (χ1) is 11.1. The Morgan fingerprint density at radius 1 is 1.28 bits per heavy atom. The molecule has 8 heteroatoms. The zero-order chi connectivity index (χ0) is 16.7. The van der Waals surface area contributed by atoms with Crippen LogP contribution in [0.1, 0.15) is 23.2 Å². The van der Waals surface area contributed by atoms with E-state index in [2.05, 4.69) is 15.6 Å². The van der Waals surface area contributed by atoms with Gasteiger partial charge >= 0.3 is 0 Å². The highest BCUT2D eigenvalue weighted by molar-refractivity contribution is 7.09. The summed E-state index contributed by atoms with van der Waals surface area (Å²) < 4.78 is 5.70. The van der Waals surface area contributed by atoms with Crippen LogP contribution >= 0.6 is 36.2 Å². The number of carbonyl (C=O) groups excluding carboxylic acids is 1. The van der Waals surface area contributed by atoms with Crippen molar-refractivity contribution in [3.63, 3.8) is 0 Å². The Morgan fingerprint density at radius 3 is 2.60 bits per heavy atom. The molecule has 2 aromatic rings. The summed E-state index contributed by atoms with van der Waals surface area (Å²) >= 11 is 1.51. The van der Waals surface area contributed by atoms with Crippen molar-refractivity contribution in [1.82, 2.24) is 15.6 Å². The van der Waals surface area contributed by atoms with Gasteiger partial charge in [0.05, 0.1) is 12.1 Å². The summed E-state index contributed by atoms with van der Waals surface area (Å²) in [5.74, 6) is 0.814. The Labute approximate surface area is 165 Å².